The molecule has 0 N–H and O–H groups in total. The number of hydrogen-bond acceptors (Lipinski definition) is 2. The van der Waals surface area contributed by atoms with Crippen molar-refractivity contribution in [2.24, 2.45) is 0 Å². The molecule has 19 heavy (non-hydrogen) atoms. The largest absolute Gasteiger partial charge is 0.336 e. The zero-order chi connectivity index (χ0) is 13.8. The summed E-state index contributed by atoms with van der Waals surface area (Å²) in [6.07, 6.45) is 5.94. The lowest BCUT2D eigenvalue weighted by molar-refractivity contribution is 0.0647. The smallest absolute Gasteiger partial charge is 0.257 e. The quantitative estimate of drug-likeness (QED) is 0.788. The van der Waals surface area contributed by atoms with Crippen LogP contribution in [0.3, 0.4) is 0 Å². The molecule has 1 heterocycles. The molecule has 104 valence electrons. The lowest BCUT2D eigenvalue weighted by atomic mass is 9.94. The molecule has 0 aromatic carbocycles. The Morgan fingerprint density at radius 3 is 2.63 bits per heavy atom. The molecule has 2 rings (SSSR count). The van der Waals surface area contributed by atoms with E-state index in [0.29, 0.717) is 16.8 Å². The van der Waals surface area contributed by atoms with Crippen LogP contribution in [0.4, 0.5) is 0 Å². The molecular weight excluding hydrogens is 260 g/mol. The molecule has 0 spiro atoms. The van der Waals surface area contributed by atoms with E-state index in [9.17, 15) is 4.79 Å². The summed E-state index contributed by atoms with van der Waals surface area (Å²) in [6, 6.07) is 4.00. The van der Waals surface area contributed by atoms with Gasteiger partial charge in [0.15, 0.2) is 0 Å². The fraction of sp³-hybridized carbons (Fsp3) is 0.600. The third-order valence-electron chi connectivity index (χ3n) is 3.84. The molecule has 1 fully saturated rings. The van der Waals surface area contributed by atoms with E-state index in [1.807, 2.05) is 24.8 Å². The number of halogens is 1. The third-order valence-corrected chi connectivity index (χ3v) is 4.12. The summed E-state index contributed by atoms with van der Waals surface area (Å²) in [4.78, 5) is 18.7. The summed E-state index contributed by atoms with van der Waals surface area (Å²) in [5, 5.41) is 0.319. The lowest BCUT2D eigenvalue weighted by Gasteiger charge is -2.33. The van der Waals surface area contributed by atoms with Gasteiger partial charge in [-0.3, -0.25) is 4.79 Å². The van der Waals surface area contributed by atoms with Crippen molar-refractivity contribution in [2.45, 2.75) is 52.0 Å². The van der Waals surface area contributed by atoms with E-state index in [4.69, 9.17) is 11.6 Å². The second kappa shape index (κ2) is 6.38. The minimum absolute atomic E-state index is 0.0203. The number of carbonyl (C=O) groups excluding carboxylic acids is 1. The highest BCUT2D eigenvalue weighted by molar-refractivity contribution is 6.32. The molecule has 4 heteroatoms. The Balaban J connectivity index is 2.19. The van der Waals surface area contributed by atoms with Gasteiger partial charge in [-0.25, -0.2) is 4.98 Å². The van der Waals surface area contributed by atoms with Gasteiger partial charge in [0.05, 0.1) is 5.56 Å². The predicted octanol–water partition coefficient (Wildman–Crippen LogP) is 3.84. The van der Waals surface area contributed by atoms with Crippen molar-refractivity contribution in [3.63, 3.8) is 0 Å². The number of rotatable bonds is 3. The normalized spacial score (nSPS) is 16.4. The second-order valence-electron chi connectivity index (χ2n) is 5.17. The molecule has 0 bridgehead atoms. The van der Waals surface area contributed by atoms with Crippen LogP contribution in [0.2, 0.25) is 5.15 Å². The van der Waals surface area contributed by atoms with Gasteiger partial charge in [-0.15, -0.1) is 0 Å². The number of amides is 1. The molecular formula is C15H21ClN2O. The standard InChI is InChI=1S/C15H21ClN2O/c1-3-18(12-7-5-4-6-8-12)15(19)13-10-9-11(2)17-14(13)16/h9-10,12H,3-8H2,1-2H3. The van der Waals surface area contributed by atoms with Crippen LogP contribution in [0.15, 0.2) is 12.1 Å². The predicted molar refractivity (Wildman–Crippen MR) is 77.6 cm³/mol. The Hall–Kier alpha value is -1.09. The van der Waals surface area contributed by atoms with Crippen molar-refractivity contribution in [1.82, 2.24) is 9.88 Å². The van der Waals surface area contributed by atoms with E-state index >= 15 is 0 Å². The van der Waals surface area contributed by atoms with Crippen LogP contribution in [0.5, 0.6) is 0 Å². The number of pyridine rings is 1. The fourth-order valence-corrected chi connectivity index (χ4v) is 3.08. The molecule has 1 aromatic heterocycles. The molecule has 1 amide bonds. The monoisotopic (exact) mass is 280 g/mol. The highest BCUT2D eigenvalue weighted by atomic mass is 35.5. The van der Waals surface area contributed by atoms with Gasteiger partial charge in [-0.2, -0.15) is 0 Å². The van der Waals surface area contributed by atoms with Crippen molar-refractivity contribution in [3.05, 3.63) is 28.5 Å². The molecule has 0 unspecified atom stereocenters. The van der Waals surface area contributed by atoms with E-state index in [-0.39, 0.29) is 5.91 Å². The van der Waals surface area contributed by atoms with E-state index in [1.54, 1.807) is 6.07 Å². The van der Waals surface area contributed by atoms with Crippen LogP contribution in [-0.4, -0.2) is 28.4 Å². The van der Waals surface area contributed by atoms with Crippen molar-refractivity contribution >= 4 is 17.5 Å². The van der Waals surface area contributed by atoms with Gasteiger partial charge in [-0.05, 0) is 38.8 Å². The van der Waals surface area contributed by atoms with Gasteiger partial charge in [0.1, 0.15) is 5.15 Å². The number of aryl methyl sites for hydroxylation is 1. The maximum Gasteiger partial charge on any atom is 0.257 e. The van der Waals surface area contributed by atoms with Crippen molar-refractivity contribution in [1.29, 1.82) is 0 Å². The molecule has 0 aliphatic heterocycles. The maximum absolute atomic E-state index is 12.6. The van der Waals surface area contributed by atoms with E-state index in [2.05, 4.69) is 4.98 Å². The molecule has 0 saturated heterocycles. The van der Waals surface area contributed by atoms with Gasteiger partial charge < -0.3 is 4.90 Å². The Bertz CT molecular complexity index is 455. The molecule has 1 saturated carbocycles. The molecule has 1 aliphatic rings. The minimum atomic E-state index is 0.0203. The first-order chi connectivity index (χ1) is 9.13. The third kappa shape index (κ3) is 3.27. The average molecular weight is 281 g/mol. The summed E-state index contributed by atoms with van der Waals surface area (Å²) < 4.78 is 0. The van der Waals surface area contributed by atoms with Crippen LogP contribution in [-0.2, 0) is 0 Å². The van der Waals surface area contributed by atoms with Crippen molar-refractivity contribution in [2.75, 3.05) is 6.54 Å². The first kappa shape index (κ1) is 14.3. The molecule has 0 radical (unpaired) electrons. The SMILES string of the molecule is CCN(C(=O)c1ccc(C)nc1Cl)C1CCCCC1. The average Bonchev–Trinajstić information content (AvgIpc) is 2.40. The van der Waals surface area contributed by atoms with Crippen LogP contribution in [0.25, 0.3) is 0 Å². The Morgan fingerprint density at radius 1 is 1.37 bits per heavy atom. The van der Waals surface area contributed by atoms with E-state index in [0.717, 1.165) is 25.1 Å². The number of aromatic nitrogens is 1. The highest BCUT2D eigenvalue weighted by Crippen LogP contribution is 2.25. The molecule has 3 nitrogen and oxygen atoms in total. The zero-order valence-electron chi connectivity index (χ0n) is 11.7. The summed E-state index contributed by atoms with van der Waals surface area (Å²) in [5.41, 5.74) is 1.36. The van der Waals surface area contributed by atoms with Gasteiger partial charge in [0.2, 0.25) is 0 Å². The summed E-state index contributed by atoms with van der Waals surface area (Å²) in [6.45, 7) is 4.63. The number of nitrogens with zero attached hydrogens (tertiary/aromatic N) is 2. The molecule has 1 aromatic rings. The Labute approximate surface area is 120 Å². The zero-order valence-corrected chi connectivity index (χ0v) is 12.4. The van der Waals surface area contributed by atoms with Crippen LogP contribution in [0.1, 0.15) is 55.1 Å². The van der Waals surface area contributed by atoms with Gasteiger partial charge >= 0.3 is 0 Å². The molecule has 0 atom stereocenters. The van der Waals surface area contributed by atoms with E-state index < -0.39 is 0 Å². The minimum Gasteiger partial charge on any atom is -0.336 e. The fourth-order valence-electron chi connectivity index (χ4n) is 2.80. The van der Waals surface area contributed by atoms with Gasteiger partial charge in [0, 0.05) is 18.3 Å². The number of hydrogen-bond donors (Lipinski definition) is 0. The Morgan fingerprint density at radius 2 is 2.05 bits per heavy atom. The summed E-state index contributed by atoms with van der Waals surface area (Å²) in [7, 11) is 0. The van der Waals surface area contributed by atoms with Crippen LogP contribution < -0.4 is 0 Å². The van der Waals surface area contributed by atoms with Crippen LogP contribution >= 0.6 is 11.6 Å². The topological polar surface area (TPSA) is 33.2 Å². The first-order valence-electron chi connectivity index (χ1n) is 7.07. The number of carbonyl (C=O) groups is 1. The lowest BCUT2D eigenvalue weighted by Crippen LogP contribution is -2.41. The highest BCUT2D eigenvalue weighted by Gasteiger charge is 2.26. The first-order valence-corrected chi connectivity index (χ1v) is 7.45. The summed E-state index contributed by atoms with van der Waals surface area (Å²) in [5.74, 6) is 0.0203. The second-order valence-corrected chi connectivity index (χ2v) is 5.53. The Kier molecular flexibility index (Phi) is 4.81. The van der Waals surface area contributed by atoms with Crippen LogP contribution in [0, 0.1) is 6.92 Å². The van der Waals surface area contributed by atoms with Crippen molar-refractivity contribution < 1.29 is 4.79 Å². The van der Waals surface area contributed by atoms with Gasteiger partial charge in [0.25, 0.3) is 5.91 Å². The van der Waals surface area contributed by atoms with E-state index in [1.165, 1.54) is 19.3 Å². The maximum atomic E-state index is 12.6. The van der Waals surface area contributed by atoms with Crippen molar-refractivity contribution in [3.8, 4) is 0 Å². The molecule has 1 aliphatic carbocycles. The summed E-state index contributed by atoms with van der Waals surface area (Å²) >= 11 is 6.11. The van der Waals surface area contributed by atoms with Gasteiger partial charge in [-0.1, -0.05) is 30.9 Å².